The first-order valence-electron chi connectivity index (χ1n) is 10.9. The molecule has 0 fully saturated rings. The second-order valence-electron chi connectivity index (χ2n) is 7.62. The topological polar surface area (TPSA) is 25.8 Å². The molecule has 3 heteroatoms. The van der Waals surface area contributed by atoms with Crippen LogP contribution in [0.25, 0.3) is 22.5 Å². The monoisotopic (exact) mass is 390 g/mol. The number of unbranched alkanes of at least 4 members (excludes halogenated alkanes) is 2. The summed E-state index contributed by atoms with van der Waals surface area (Å²) in [6, 6.07) is 14.0. The zero-order chi connectivity index (χ0) is 20.6. The van der Waals surface area contributed by atoms with Gasteiger partial charge in [-0.1, -0.05) is 70.0 Å². The lowest BCUT2D eigenvalue weighted by Gasteiger charge is -2.12. The van der Waals surface area contributed by atoms with Crippen LogP contribution >= 0.6 is 0 Å². The zero-order valence-electron chi connectivity index (χ0n) is 17.8. The molecule has 0 spiro atoms. The van der Waals surface area contributed by atoms with Crippen molar-refractivity contribution in [3.8, 4) is 22.5 Å². The van der Waals surface area contributed by atoms with Gasteiger partial charge in [0.15, 0.2) is 0 Å². The molecular formula is C26H31FN2. The summed E-state index contributed by atoms with van der Waals surface area (Å²) >= 11 is 0. The lowest BCUT2D eigenvalue weighted by Crippen LogP contribution is -2.00. The Bertz CT molecular complexity index is 932. The van der Waals surface area contributed by atoms with Gasteiger partial charge in [0.05, 0.1) is 17.1 Å². The maximum atomic E-state index is 14.7. The number of aromatic nitrogens is 2. The third-order valence-corrected chi connectivity index (χ3v) is 5.37. The fourth-order valence-electron chi connectivity index (χ4n) is 3.48. The van der Waals surface area contributed by atoms with Crippen LogP contribution in [-0.2, 0) is 19.3 Å². The van der Waals surface area contributed by atoms with Gasteiger partial charge in [-0.05, 0) is 49.3 Å². The van der Waals surface area contributed by atoms with E-state index in [-0.39, 0.29) is 5.82 Å². The summed E-state index contributed by atoms with van der Waals surface area (Å²) < 4.78 is 14.7. The quantitative estimate of drug-likeness (QED) is 0.386. The smallest absolute Gasteiger partial charge is 0.127 e. The molecule has 2 nitrogen and oxygen atoms in total. The average Bonchev–Trinajstić information content (AvgIpc) is 2.76. The van der Waals surface area contributed by atoms with Crippen molar-refractivity contribution in [1.29, 1.82) is 0 Å². The van der Waals surface area contributed by atoms with E-state index in [2.05, 4.69) is 45.0 Å². The van der Waals surface area contributed by atoms with Crippen LogP contribution < -0.4 is 0 Å². The van der Waals surface area contributed by atoms with Gasteiger partial charge >= 0.3 is 0 Å². The Morgan fingerprint density at radius 2 is 1.48 bits per heavy atom. The van der Waals surface area contributed by atoms with E-state index in [1.165, 1.54) is 5.56 Å². The van der Waals surface area contributed by atoms with Gasteiger partial charge in [0.25, 0.3) is 0 Å². The molecule has 0 unspecified atom stereocenters. The first-order valence-corrected chi connectivity index (χ1v) is 10.9. The normalized spacial score (nSPS) is 11.0. The lowest BCUT2D eigenvalue weighted by molar-refractivity contribution is 0.603. The van der Waals surface area contributed by atoms with Gasteiger partial charge in [-0.25, -0.2) is 9.37 Å². The number of nitrogens with zero attached hydrogens (tertiary/aromatic N) is 2. The third-order valence-electron chi connectivity index (χ3n) is 5.37. The molecule has 0 aliphatic rings. The Morgan fingerprint density at radius 1 is 0.793 bits per heavy atom. The minimum Gasteiger partial charge on any atom is -0.252 e. The molecule has 0 atom stereocenters. The first kappa shape index (κ1) is 21.2. The third kappa shape index (κ3) is 5.29. The van der Waals surface area contributed by atoms with Gasteiger partial charge in [0.1, 0.15) is 5.82 Å². The second kappa shape index (κ2) is 10.3. The average molecular weight is 391 g/mol. The van der Waals surface area contributed by atoms with Gasteiger partial charge in [-0.3, -0.25) is 4.98 Å². The summed E-state index contributed by atoms with van der Waals surface area (Å²) in [6.45, 7) is 6.44. The van der Waals surface area contributed by atoms with Gasteiger partial charge in [0.2, 0.25) is 0 Å². The summed E-state index contributed by atoms with van der Waals surface area (Å²) in [7, 11) is 0. The van der Waals surface area contributed by atoms with Crippen molar-refractivity contribution in [3.63, 3.8) is 0 Å². The lowest BCUT2D eigenvalue weighted by atomic mass is 9.99. The number of hydrogen-bond acceptors (Lipinski definition) is 2. The largest absolute Gasteiger partial charge is 0.252 e. The van der Waals surface area contributed by atoms with E-state index in [1.54, 1.807) is 6.07 Å². The predicted molar refractivity (Wildman–Crippen MR) is 119 cm³/mol. The van der Waals surface area contributed by atoms with Crippen LogP contribution in [-0.4, -0.2) is 9.97 Å². The molecule has 2 aromatic carbocycles. The highest BCUT2D eigenvalue weighted by Crippen LogP contribution is 2.31. The number of benzene rings is 2. The van der Waals surface area contributed by atoms with E-state index in [0.29, 0.717) is 0 Å². The number of hydrogen-bond donors (Lipinski definition) is 0. The highest BCUT2D eigenvalue weighted by Gasteiger charge is 2.14. The molecule has 0 radical (unpaired) electrons. The van der Waals surface area contributed by atoms with Crippen molar-refractivity contribution < 1.29 is 4.39 Å². The molecule has 0 amide bonds. The van der Waals surface area contributed by atoms with Gasteiger partial charge < -0.3 is 0 Å². The van der Waals surface area contributed by atoms with Gasteiger partial charge in [-0.2, -0.15) is 0 Å². The van der Waals surface area contributed by atoms with Gasteiger partial charge in [-0.15, -0.1) is 0 Å². The number of halogens is 1. The van der Waals surface area contributed by atoms with Crippen LogP contribution in [0.5, 0.6) is 0 Å². The molecule has 152 valence electrons. The SMILES string of the molecule is CCCCc1cnc(-c2ccc(CC)cc2)c(-c2ccc(CCCC)c(F)c2)n1. The van der Waals surface area contributed by atoms with Crippen LogP contribution in [0.15, 0.2) is 48.7 Å². The standard InChI is InChI=1S/C26H31FN2/c1-4-7-9-20-15-16-22(17-24(20)27)26-25(21-13-11-19(6-3)12-14-21)28-18-23(29-26)10-8-5-2/h11-18H,4-10H2,1-3H3. The second-order valence-corrected chi connectivity index (χ2v) is 7.62. The Hall–Kier alpha value is -2.55. The van der Waals surface area contributed by atoms with Crippen LogP contribution in [0.3, 0.4) is 0 Å². The summed E-state index contributed by atoms with van der Waals surface area (Å²) in [6.07, 6.45) is 8.77. The van der Waals surface area contributed by atoms with E-state index >= 15 is 0 Å². The van der Waals surface area contributed by atoms with Crippen LogP contribution in [0.2, 0.25) is 0 Å². The highest BCUT2D eigenvalue weighted by atomic mass is 19.1. The molecule has 0 N–H and O–H groups in total. The Labute approximate surface area is 174 Å². The van der Waals surface area contributed by atoms with Crippen LogP contribution in [0.4, 0.5) is 4.39 Å². The molecule has 0 saturated heterocycles. The molecule has 0 saturated carbocycles. The van der Waals surface area contributed by atoms with Crippen molar-refractivity contribution in [3.05, 3.63) is 71.3 Å². The van der Waals surface area contributed by atoms with Crippen LogP contribution in [0.1, 0.15) is 63.3 Å². The summed E-state index contributed by atoms with van der Waals surface area (Å²) in [5.41, 5.74) is 6.42. The fraction of sp³-hybridized carbons (Fsp3) is 0.385. The Balaban J connectivity index is 2.04. The summed E-state index contributed by atoms with van der Waals surface area (Å²) in [4.78, 5) is 9.65. The maximum absolute atomic E-state index is 14.7. The Kier molecular flexibility index (Phi) is 7.51. The fourth-order valence-corrected chi connectivity index (χ4v) is 3.48. The van der Waals surface area contributed by atoms with Crippen molar-refractivity contribution >= 4 is 0 Å². The molecular weight excluding hydrogens is 359 g/mol. The van der Waals surface area contributed by atoms with E-state index in [0.717, 1.165) is 78.7 Å². The van der Waals surface area contributed by atoms with Crippen molar-refractivity contribution in [2.24, 2.45) is 0 Å². The zero-order valence-corrected chi connectivity index (χ0v) is 17.8. The highest BCUT2D eigenvalue weighted by molar-refractivity contribution is 5.78. The molecule has 1 heterocycles. The minimum absolute atomic E-state index is 0.149. The van der Waals surface area contributed by atoms with Crippen molar-refractivity contribution in [1.82, 2.24) is 9.97 Å². The predicted octanol–water partition coefficient (Wildman–Crippen LogP) is 7.20. The van der Waals surface area contributed by atoms with E-state index in [9.17, 15) is 4.39 Å². The van der Waals surface area contributed by atoms with E-state index < -0.39 is 0 Å². The van der Waals surface area contributed by atoms with Gasteiger partial charge in [0, 0.05) is 17.3 Å². The molecule has 3 aromatic rings. The molecule has 1 aromatic heterocycles. The first-order chi connectivity index (χ1) is 14.2. The van der Waals surface area contributed by atoms with Crippen molar-refractivity contribution in [2.45, 2.75) is 65.7 Å². The number of aryl methyl sites for hydroxylation is 3. The summed E-state index contributed by atoms with van der Waals surface area (Å²) in [5.74, 6) is -0.149. The number of rotatable bonds is 9. The van der Waals surface area contributed by atoms with E-state index in [4.69, 9.17) is 9.97 Å². The maximum Gasteiger partial charge on any atom is 0.127 e. The molecule has 3 rings (SSSR count). The van der Waals surface area contributed by atoms with E-state index in [1.807, 2.05) is 18.3 Å². The molecule has 0 aliphatic heterocycles. The molecule has 0 aliphatic carbocycles. The minimum atomic E-state index is -0.149. The summed E-state index contributed by atoms with van der Waals surface area (Å²) in [5, 5.41) is 0. The molecule has 0 bridgehead atoms. The van der Waals surface area contributed by atoms with Crippen LogP contribution in [0, 0.1) is 5.82 Å². The molecule has 29 heavy (non-hydrogen) atoms. The Morgan fingerprint density at radius 3 is 2.14 bits per heavy atom. The van der Waals surface area contributed by atoms with Crippen molar-refractivity contribution in [2.75, 3.05) is 0 Å².